The van der Waals surface area contributed by atoms with E-state index in [1.165, 1.54) is 12.4 Å². The summed E-state index contributed by atoms with van der Waals surface area (Å²) in [5.74, 6) is 0.951. The maximum absolute atomic E-state index is 8.60. The maximum atomic E-state index is 8.60. The lowest BCUT2D eigenvalue weighted by Gasteiger charge is -2.04. The highest BCUT2D eigenvalue weighted by Crippen LogP contribution is 2.14. The zero-order valence-corrected chi connectivity index (χ0v) is 9.08. The summed E-state index contributed by atoms with van der Waals surface area (Å²) in [6.45, 7) is 0. The summed E-state index contributed by atoms with van der Waals surface area (Å²) >= 11 is 0. The van der Waals surface area contributed by atoms with Gasteiger partial charge in [-0.25, -0.2) is 15.0 Å². The maximum Gasteiger partial charge on any atom is 0.227 e. The molecule has 1 N–H and O–H groups in total. The Morgan fingerprint density at radius 1 is 1.18 bits per heavy atom. The normalized spacial score (nSPS) is 9.41. The molecule has 2 aromatic rings. The van der Waals surface area contributed by atoms with Crippen LogP contribution in [0.1, 0.15) is 5.56 Å². The zero-order chi connectivity index (χ0) is 12.1. The molecule has 0 unspecified atom stereocenters. The Kier molecular flexibility index (Phi) is 3.12. The molecular weight excluding hydrogens is 218 g/mol. The van der Waals surface area contributed by atoms with Crippen LogP contribution in [-0.4, -0.2) is 22.1 Å². The second kappa shape index (κ2) is 4.90. The van der Waals surface area contributed by atoms with Gasteiger partial charge in [-0.1, -0.05) is 0 Å². The molecule has 2 aromatic heterocycles. The molecular formula is C11H9N5O. The Balaban J connectivity index is 2.11. The minimum atomic E-state index is 0.413. The fraction of sp³-hybridized carbons (Fsp3) is 0.0909. The average molecular weight is 227 g/mol. The molecule has 0 bridgehead atoms. The zero-order valence-electron chi connectivity index (χ0n) is 9.08. The van der Waals surface area contributed by atoms with Crippen molar-refractivity contribution in [2.75, 3.05) is 12.4 Å². The van der Waals surface area contributed by atoms with Gasteiger partial charge >= 0.3 is 0 Å². The summed E-state index contributed by atoms with van der Waals surface area (Å²) in [4.78, 5) is 12.0. The molecule has 2 heterocycles. The van der Waals surface area contributed by atoms with Gasteiger partial charge in [0.15, 0.2) is 0 Å². The van der Waals surface area contributed by atoms with E-state index in [1.807, 2.05) is 6.07 Å². The van der Waals surface area contributed by atoms with E-state index < -0.39 is 0 Å². The van der Waals surface area contributed by atoms with E-state index in [2.05, 4.69) is 20.3 Å². The summed E-state index contributed by atoms with van der Waals surface area (Å²) < 4.78 is 4.94. The molecule has 0 aromatic carbocycles. The molecule has 0 aliphatic carbocycles. The Labute approximate surface area is 97.9 Å². The van der Waals surface area contributed by atoms with E-state index in [4.69, 9.17) is 10.00 Å². The molecule has 2 rings (SSSR count). The third kappa shape index (κ3) is 2.66. The second-order valence-corrected chi connectivity index (χ2v) is 3.12. The quantitative estimate of drug-likeness (QED) is 0.855. The van der Waals surface area contributed by atoms with Gasteiger partial charge in [-0.2, -0.15) is 5.26 Å². The number of nitriles is 1. The second-order valence-electron chi connectivity index (χ2n) is 3.12. The first-order valence-electron chi connectivity index (χ1n) is 4.81. The molecule has 84 valence electrons. The van der Waals surface area contributed by atoms with Gasteiger partial charge in [-0.15, -0.1) is 0 Å². The van der Waals surface area contributed by atoms with E-state index in [0.29, 0.717) is 17.4 Å². The largest absolute Gasteiger partial charge is 0.481 e. The van der Waals surface area contributed by atoms with Gasteiger partial charge in [0.1, 0.15) is 6.07 Å². The molecule has 0 radical (unpaired) electrons. The van der Waals surface area contributed by atoms with Gasteiger partial charge in [-0.3, -0.25) is 0 Å². The van der Waals surface area contributed by atoms with Crippen molar-refractivity contribution in [3.8, 4) is 11.9 Å². The highest BCUT2D eigenvalue weighted by atomic mass is 16.5. The van der Waals surface area contributed by atoms with Gasteiger partial charge in [0.2, 0.25) is 11.8 Å². The monoisotopic (exact) mass is 227 g/mol. The number of nitrogens with one attached hydrogen (secondary N) is 1. The number of hydrogen-bond donors (Lipinski definition) is 1. The molecule has 0 saturated heterocycles. The van der Waals surface area contributed by atoms with Crippen molar-refractivity contribution in [1.82, 2.24) is 15.0 Å². The number of nitrogens with zero attached hydrogens (tertiary/aromatic N) is 4. The van der Waals surface area contributed by atoms with Crippen LogP contribution in [0.25, 0.3) is 0 Å². The van der Waals surface area contributed by atoms with E-state index in [0.717, 1.165) is 5.69 Å². The molecule has 0 fully saturated rings. The standard InChI is InChI=1S/C11H9N5O/c1-17-10-3-2-9(7-13-10)16-11-14-5-8(4-12)6-15-11/h2-3,5-7H,1H3,(H,14,15,16). The lowest BCUT2D eigenvalue weighted by Crippen LogP contribution is -1.97. The van der Waals surface area contributed by atoms with Crippen LogP contribution in [0.15, 0.2) is 30.7 Å². The average Bonchev–Trinajstić information content (AvgIpc) is 2.40. The number of rotatable bonds is 3. The molecule has 0 saturated carbocycles. The van der Waals surface area contributed by atoms with Crippen LogP contribution in [0.3, 0.4) is 0 Å². The van der Waals surface area contributed by atoms with Crippen molar-refractivity contribution >= 4 is 11.6 Å². The first-order valence-corrected chi connectivity index (χ1v) is 4.81. The minimum Gasteiger partial charge on any atom is -0.481 e. The van der Waals surface area contributed by atoms with Crippen LogP contribution in [0.4, 0.5) is 11.6 Å². The van der Waals surface area contributed by atoms with Crippen molar-refractivity contribution < 1.29 is 4.74 Å². The molecule has 0 amide bonds. The smallest absolute Gasteiger partial charge is 0.227 e. The van der Waals surface area contributed by atoms with Crippen LogP contribution in [0.2, 0.25) is 0 Å². The molecule has 0 aliphatic rings. The van der Waals surface area contributed by atoms with E-state index >= 15 is 0 Å². The highest BCUT2D eigenvalue weighted by Gasteiger charge is 1.99. The van der Waals surface area contributed by atoms with E-state index in [1.54, 1.807) is 25.4 Å². The molecule has 6 heteroatoms. The Morgan fingerprint density at radius 3 is 2.47 bits per heavy atom. The SMILES string of the molecule is COc1ccc(Nc2ncc(C#N)cn2)cn1. The van der Waals surface area contributed by atoms with Gasteiger partial charge in [-0.05, 0) is 6.07 Å². The van der Waals surface area contributed by atoms with E-state index in [-0.39, 0.29) is 0 Å². The summed E-state index contributed by atoms with van der Waals surface area (Å²) in [7, 11) is 1.55. The first kappa shape index (κ1) is 10.8. The minimum absolute atomic E-state index is 0.413. The van der Waals surface area contributed by atoms with Crippen molar-refractivity contribution in [1.29, 1.82) is 5.26 Å². The van der Waals surface area contributed by atoms with Crippen molar-refractivity contribution in [2.24, 2.45) is 0 Å². The number of methoxy groups -OCH3 is 1. The van der Waals surface area contributed by atoms with Crippen LogP contribution in [0.5, 0.6) is 5.88 Å². The Morgan fingerprint density at radius 2 is 1.94 bits per heavy atom. The predicted octanol–water partition coefficient (Wildman–Crippen LogP) is 1.50. The number of anilines is 2. The molecule has 0 spiro atoms. The lowest BCUT2D eigenvalue weighted by atomic mass is 10.4. The van der Waals surface area contributed by atoms with Crippen molar-refractivity contribution in [3.63, 3.8) is 0 Å². The van der Waals surface area contributed by atoms with Crippen LogP contribution >= 0.6 is 0 Å². The topological polar surface area (TPSA) is 83.7 Å². The highest BCUT2D eigenvalue weighted by molar-refractivity contribution is 5.52. The third-order valence-corrected chi connectivity index (χ3v) is 1.98. The summed E-state index contributed by atoms with van der Waals surface area (Å²) in [5, 5.41) is 11.6. The predicted molar refractivity (Wildman–Crippen MR) is 60.8 cm³/mol. The number of hydrogen-bond acceptors (Lipinski definition) is 6. The third-order valence-electron chi connectivity index (χ3n) is 1.98. The van der Waals surface area contributed by atoms with Gasteiger partial charge in [0, 0.05) is 6.07 Å². The van der Waals surface area contributed by atoms with Crippen LogP contribution in [-0.2, 0) is 0 Å². The number of ether oxygens (including phenoxy) is 1. The van der Waals surface area contributed by atoms with Crippen molar-refractivity contribution in [3.05, 3.63) is 36.3 Å². The van der Waals surface area contributed by atoms with Gasteiger partial charge in [0.25, 0.3) is 0 Å². The van der Waals surface area contributed by atoms with Gasteiger partial charge in [0.05, 0.1) is 37.0 Å². The van der Waals surface area contributed by atoms with E-state index in [9.17, 15) is 0 Å². The molecule has 0 atom stereocenters. The first-order chi connectivity index (χ1) is 8.31. The summed E-state index contributed by atoms with van der Waals surface area (Å²) in [5.41, 5.74) is 1.17. The Hall–Kier alpha value is -2.68. The lowest BCUT2D eigenvalue weighted by molar-refractivity contribution is 0.398. The fourth-order valence-corrected chi connectivity index (χ4v) is 1.15. The summed E-state index contributed by atoms with van der Waals surface area (Å²) in [6.07, 6.45) is 4.51. The van der Waals surface area contributed by atoms with Crippen LogP contribution < -0.4 is 10.1 Å². The molecule has 6 nitrogen and oxygen atoms in total. The summed E-state index contributed by atoms with van der Waals surface area (Å²) in [6, 6.07) is 5.48. The number of aromatic nitrogens is 3. The molecule has 17 heavy (non-hydrogen) atoms. The number of pyridine rings is 1. The van der Waals surface area contributed by atoms with Gasteiger partial charge < -0.3 is 10.1 Å². The fourth-order valence-electron chi connectivity index (χ4n) is 1.15. The molecule has 0 aliphatic heterocycles. The van der Waals surface area contributed by atoms with Crippen molar-refractivity contribution in [2.45, 2.75) is 0 Å². The van der Waals surface area contributed by atoms with Crippen LogP contribution in [0, 0.1) is 11.3 Å². The Bertz CT molecular complexity index is 529.